The zero-order chi connectivity index (χ0) is 18.6. The number of hydrogen-bond donors (Lipinski definition) is 1. The molecule has 1 N–H and O–H groups in total. The molecule has 2 amide bonds. The number of likely N-dealkylation sites (tertiary alicyclic amines) is 1. The number of nitrogens with zero attached hydrogens (tertiary/aromatic N) is 3. The summed E-state index contributed by atoms with van der Waals surface area (Å²) < 4.78 is 1.69. The van der Waals surface area contributed by atoms with Crippen LogP contribution in [0.4, 0.5) is 0 Å². The fourth-order valence-electron chi connectivity index (χ4n) is 3.46. The van der Waals surface area contributed by atoms with E-state index in [0.29, 0.717) is 17.8 Å². The first-order valence-corrected chi connectivity index (χ1v) is 9.32. The molecule has 1 aromatic carbocycles. The van der Waals surface area contributed by atoms with Crippen LogP contribution >= 0.6 is 0 Å². The average molecular weight is 362 g/mol. The molecule has 6 heteroatoms. The molecule has 1 saturated heterocycles. The number of hydrogen-bond acceptors (Lipinski definition) is 3. The lowest BCUT2D eigenvalue weighted by molar-refractivity contribution is 0.0721. The van der Waals surface area contributed by atoms with Crippen molar-refractivity contribution in [2.75, 3.05) is 13.1 Å². The molecule has 0 spiro atoms. The van der Waals surface area contributed by atoms with E-state index in [-0.39, 0.29) is 17.6 Å². The van der Waals surface area contributed by atoms with Gasteiger partial charge in [0.2, 0.25) is 5.82 Å². The second-order valence-electron chi connectivity index (χ2n) is 6.76. The minimum Gasteiger partial charge on any atom is -0.345 e. The molecule has 0 unspecified atom stereocenters. The maximum atomic E-state index is 12.9. The molecule has 1 fully saturated rings. The maximum absolute atomic E-state index is 12.9. The summed E-state index contributed by atoms with van der Waals surface area (Å²) in [6.07, 6.45) is 4.96. The van der Waals surface area contributed by atoms with Crippen molar-refractivity contribution in [1.29, 1.82) is 0 Å². The van der Waals surface area contributed by atoms with Crippen molar-refractivity contribution >= 4 is 17.3 Å². The summed E-state index contributed by atoms with van der Waals surface area (Å²) in [4.78, 5) is 31.9. The van der Waals surface area contributed by atoms with Crippen LogP contribution in [0.15, 0.2) is 54.7 Å². The smallest absolute Gasteiger partial charge is 0.287 e. The second-order valence-corrected chi connectivity index (χ2v) is 6.76. The molecule has 0 atom stereocenters. The van der Waals surface area contributed by atoms with Gasteiger partial charge in [-0.3, -0.25) is 14.0 Å². The summed E-state index contributed by atoms with van der Waals surface area (Å²) in [7, 11) is 0. The van der Waals surface area contributed by atoms with E-state index in [9.17, 15) is 9.59 Å². The van der Waals surface area contributed by atoms with E-state index in [1.54, 1.807) is 10.6 Å². The van der Waals surface area contributed by atoms with Crippen molar-refractivity contribution in [3.63, 3.8) is 0 Å². The number of aromatic nitrogens is 2. The number of rotatable bonds is 4. The summed E-state index contributed by atoms with van der Waals surface area (Å²) >= 11 is 0. The second kappa shape index (κ2) is 7.61. The third-order valence-electron chi connectivity index (χ3n) is 4.89. The standard InChI is InChI=1S/C21H22N4O2/c26-20(22-15-16-9-3-1-4-10-16)19-23-18(17-11-5-8-14-25(17)19)21(27)24-12-6-2-7-13-24/h1,3-5,8-11,14H,2,6-7,12-13,15H2,(H,22,26). The van der Waals surface area contributed by atoms with Crippen LogP contribution in [0.3, 0.4) is 0 Å². The highest BCUT2D eigenvalue weighted by Gasteiger charge is 2.25. The van der Waals surface area contributed by atoms with Crippen molar-refractivity contribution in [1.82, 2.24) is 19.6 Å². The van der Waals surface area contributed by atoms with Gasteiger partial charge in [-0.2, -0.15) is 0 Å². The number of nitrogens with one attached hydrogen (secondary N) is 1. The molecule has 138 valence electrons. The summed E-state index contributed by atoms with van der Waals surface area (Å²) in [5.74, 6) is -0.153. The number of pyridine rings is 1. The Labute approximate surface area is 157 Å². The molecule has 1 aliphatic rings. The fraction of sp³-hybridized carbons (Fsp3) is 0.286. The van der Waals surface area contributed by atoms with Crippen LogP contribution in [-0.4, -0.2) is 39.2 Å². The van der Waals surface area contributed by atoms with E-state index >= 15 is 0 Å². The van der Waals surface area contributed by atoms with Gasteiger partial charge in [-0.1, -0.05) is 36.4 Å². The molecule has 0 bridgehead atoms. The lowest BCUT2D eigenvalue weighted by Crippen LogP contribution is -2.36. The van der Waals surface area contributed by atoms with E-state index in [2.05, 4.69) is 10.3 Å². The molecule has 2 aromatic heterocycles. The van der Waals surface area contributed by atoms with Crippen LogP contribution in [0.2, 0.25) is 0 Å². The molecule has 3 heterocycles. The summed E-state index contributed by atoms with van der Waals surface area (Å²) in [5.41, 5.74) is 2.02. The Bertz CT molecular complexity index is 959. The number of carbonyl (C=O) groups excluding carboxylic acids is 2. The Morgan fingerprint density at radius 2 is 1.70 bits per heavy atom. The Morgan fingerprint density at radius 1 is 0.963 bits per heavy atom. The number of amides is 2. The molecule has 3 aromatic rings. The van der Waals surface area contributed by atoms with Crippen LogP contribution in [0.5, 0.6) is 0 Å². The molecule has 27 heavy (non-hydrogen) atoms. The normalized spacial score (nSPS) is 14.3. The predicted molar refractivity (Wildman–Crippen MR) is 103 cm³/mol. The van der Waals surface area contributed by atoms with Crippen molar-refractivity contribution in [2.24, 2.45) is 0 Å². The molecule has 0 radical (unpaired) electrons. The van der Waals surface area contributed by atoms with Crippen molar-refractivity contribution < 1.29 is 9.59 Å². The van der Waals surface area contributed by atoms with Gasteiger partial charge in [0.05, 0.1) is 5.52 Å². The minimum absolute atomic E-state index is 0.0968. The largest absolute Gasteiger partial charge is 0.345 e. The molecular formula is C21H22N4O2. The first-order chi connectivity index (χ1) is 13.2. The Kier molecular flexibility index (Phi) is 4.87. The van der Waals surface area contributed by atoms with E-state index in [0.717, 1.165) is 37.9 Å². The maximum Gasteiger partial charge on any atom is 0.287 e. The average Bonchev–Trinajstić information content (AvgIpc) is 3.13. The number of piperidine rings is 1. The van der Waals surface area contributed by atoms with Crippen LogP contribution in [-0.2, 0) is 6.54 Å². The first-order valence-electron chi connectivity index (χ1n) is 9.32. The van der Waals surface area contributed by atoms with Gasteiger partial charge in [-0.25, -0.2) is 4.98 Å². The number of carbonyl (C=O) groups is 2. The lowest BCUT2D eigenvalue weighted by atomic mass is 10.1. The van der Waals surface area contributed by atoms with Crippen LogP contribution in [0.25, 0.3) is 5.52 Å². The summed E-state index contributed by atoms with van der Waals surface area (Å²) in [6, 6.07) is 15.2. The zero-order valence-corrected chi connectivity index (χ0v) is 15.1. The van der Waals surface area contributed by atoms with Crippen molar-refractivity contribution in [3.8, 4) is 0 Å². The molecular weight excluding hydrogens is 340 g/mol. The van der Waals surface area contributed by atoms with Crippen LogP contribution in [0, 0.1) is 0 Å². The van der Waals surface area contributed by atoms with Crippen LogP contribution < -0.4 is 5.32 Å². The highest BCUT2D eigenvalue weighted by molar-refractivity contribution is 6.02. The zero-order valence-electron chi connectivity index (χ0n) is 15.1. The Hall–Kier alpha value is -3.15. The fourth-order valence-corrected chi connectivity index (χ4v) is 3.46. The van der Waals surface area contributed by atoms with Crippen LogP contribution in [0.1, 0.15) is 45.9 Å². The highest BCUT2D eigenvalue weighted by atomic mass is 16.2. The van der Waals surface area contributed by atoms with Gasteiger partial charge in [0, 0.05) is 25.8 Å². The SMILES string of the molecule is O=C(NCc1ccccc1)c1nc(C(=O)N2CCCCC2)c2ccccn12. The quantitative estimate of drug-likeness (QED) is 0.776. The monoisotopic (exact) mass is 362 g/mol. The van der Waals surface area contributed by atoms with E-state index in [4.69, 9.17) is 0 Å². The molecule has 0 aliphatic carbocycles. The molecule has 1 aliphatic heterocycles. The van der Waals surface area contributed by atoms with E-state index < -0.39 is 0 Å². The van der Waals surface area contributed by atoms with Gasteiger partial charge in [-0.15, -0.1) is 0 Å². The third-order valence-corrected chi connectivity index (χ3v) is 4.89. The minimum atomic E-state index is -0.294. The number of benzene rings is 1. The van der Waals surface area contributed by atoms with Gasteiger partial charge in [0.15, 0.2) is 5.69 Å². The van der Waals surface area contributed by atoms with Gasteiger partial charge in [0.1, 0.15) is 0 Å². The number of fused-ring (bicyclic) bond motifs is 1. The van der Waals surface area contributed by atoms with E-state index in [1.807, 2.05) is 53.4 Å². The lowest BCUT2D eigenvalue weighted by Gasteiger charge is -2.25. The summed E-state index contributed by atoms with van der Waals surface area (Å²) in [6.45, 7) is 1.91. The topological polar surface area (TPSA) is 66.7 Å². The molecule has 4 rings (SSSR count). The van der Waals surface area contributed by atoms with E-state index in [1.165, 1.54) is 0 Å². The predicted octanol–water partition coefficient (Wildman–Crippen LogP) is 2.89. The van der Waals surface area contributed by atoms with Gasteiger partial charge >= 0.3 is 0 Å². The molecule has 0 saturated carbocycles. The van der Waals surface area contributed by atoms with Gasteiger partial charge < -0.3 is 10.2 Å². The third kappa shape index (κ3) is 3.56. The Morgan fingerprint density at radius 3 is 2.48 bits per heavy atom. The first kappa shape index (κ1) is 17.3. The highest BCUT2D eigenvalue weighted by Crippen LogP contribution is 2.18. The Balaban J connectivity index is 1.61. The van der Waals surface area contributed by atoms with Gasteiger partial charge in [0.25, 0.3) is 11.8 Å². The van der Waals surface area contributed by atoms with Crippen molar-refractivity contribution in [2.45, 2.75) is 25.8 Å². The number of imidazole rings is 1. The summed E-state index contributed by atoms with van der Waals surface area (Å²) in [5, 5.41) is 2.89. The molecule has 6 nitrogen and oxygen atoms in total. The van der Waals surface area contributed by atoms with Crippen molar-refractivity contribution in [3.05, 3.63) is 71.8 Å². The van der Waals surface area contributed by atoms with Gasteiger partial charge in [-0.05, 0) is 37.0 Å².